The number of piperazine rings is 1. The number of nitrogens with zero attached hydrogens (tertiary/aromatic N) is 5. The topological polar surface area (TPSA) is 55.7 Å². The van der Waals surface area contributed by atoms with Crippen molar-refractivity contribution in [3.63, 3.8) is 0 Å². The second-order valence-corrected chi connectivity index (χ2v) is 8.60. The summed E-state index contributed by atoms with van der Waals surface area (Å²) in [6.07, 6.45) is 2.11. The summed E-state index contributed by atoms with van der Waals surface area (Å²) in [5.41, 5.74) is 1.10. The number of hydrogen-bond donors (Lipinski definition) is 1. The van der Waals surface area contributed by atoms with Crippen molar-refractivity contribution in [2.75, 3.05) is 54.0 Å². The van der Waals surface area contributed by atoms with Gasteiger partial charge in [0.25, 0.3) is 0 Å². The number of aliphatic hydroxyl groups excluding tert-OH is 1. The lowest BCUT2D eigenvalue weighted by Gasteiger charge is -2.37. The Kier molecular flexibility index (Phi) is 6.11. The third kappa shape index (κ3) is 4.28. The lowest BCUT2D eigenvalue weighted by atomic mass is 10.2. The highest BCUT2D eigenvalue weighted by Crippen LogP contribution is 2.30. The van der Waals surface area contributed by atoms with Crippen molar-refractivity contribution in [1.82, 2.24) is 9.97 Å². The normalized spacial score (nSPS) is 20.0. The molecule has 2 aromatic rings. The summed E-state index contributed by atoms with van der Waals surface area (Å²) in [5.74, 6) is 3.06. The minimum atomic E-state index is 0.162. The van der Waals surface area contributed by atoms with Crippen molar-refractivity contribution in [3.05, 3.63) is 41.2 Å². The van der Waals surface area contributed by atoms with Crippen molar-refractivity contribution in [3.8, 4) is 0 Å². The van der Waals surface area contributed by atoms with Crippen LogP contribution in [-0.4, -0.2) is 60.4 Å². The lowest BCUT2D eigenvalue weighted by Crippen LogP contribution is -2.47. The van der Waals surface area contributed by atoms with Crippen LogP contribution in [0.4, 0.5) is 17.3 Å². The first-order valence-corrected chi connectivity index (χ1v) is 11.0. The van der Waals surface area contributed by atoms with Gasteiger partial charge >= 0.3 is 0 Å². The number of aliphatic hydroxyl groups is 1. The predicted octanol–water partition coefficient (Wildman–Crippen LogP) is 3.54. The third-order valence-corrected chi connectivity index (χ3v) is 6.23. The number of benzene rings is 1. The lowest BCUT2D eigenvalue weighted by molar-refractivity contribution is 0.266. The standard InChI is InChI=1S/C22H30ClN5O/c1-16(2)22-24-20(14-21(25-22)28-9-5-6-17(28)15-29)27-12-10-26(11-13-27)19-8-4-3-7-18(19)23/h3-4,7-8,14,16-17,29H,5-6,9-13,15H2,1-2H3. The number of rotatable bonds is 5. The first-order chi connectivity index (χ1) is 14.1. The number of halogens is 1. The van der Waals surface area contributed by atoms with Crippen LogP contribution in [0.25, 0.3) is 0 Å². The Morgan fingerprint density at radius 3 is 2.41 bits per heavy atom. The van der Waals surface area contributed by atoms with Crippen LogP contribution in [0.15, 0.2) is 30.3 Å². The van der Waals surface area contributed by atoms with E-state index in [1.807, 2.05) is 18.2 Å². The van der Waals surface area contributed by atoms with Gasteiger partial charge in [-0.05, 0) is 25.0 Å². The van der Waals surface area contributed by atoms with Gasteiger partial charge in [-0.3, -0.25) is 0 Å². The van der Waals surface area contributed by atoms with Gasteiger partial charge < -0.3 is 19.8 Å². The molecule has 1 aromatic heterocycles. The van der Waals surface area contributed by atoms with Gasteiger partial charge in [0.05, 0.1) is 23.4 Å². The summed E-state index contributed by atoms with van der Waals surface area (Å²) in [6, 6.07) is 10.3. The minimum absolute atomic E-state index is 0.162. The van der Waals surface area contributed by atoms with Crippen LogP contribution in [0.2, 0.25) is 5.02 Å². The van der Waals surface area contributed by atoms with Crippen LogP contribution in [-0.2, 0) is 0 Å². The quantitative estimate of drug-likeness (QED) is 0.806. The Morgan fingerprint density at radius 2 is 1.72 bits per heavy atom. The van der Waals surface area contributed by atoms with Crippen molar-refractivity contribution in [2.45, 2.75) is 38.6 Å². The molecule has 2 aliphatic heterocycles. The van der Waals surface area contributed by atoms with E-state index >= 15 is 0 Å². The molecule has 2 fully saturated rings. The molecule has 0 bridgehead atoms. The highest BCUT2D eigenvalue weighted by atomic mass is 35.5. The second-order valence-electron chi connectivity index (χ2n) is 8.19. The Morgan fingerprint density at radius 1 is 1.03 bits per heavy atom. The summed E-state index contributed by atoms with van der Waals surface area (Å²) in [5, 5.41) is 10.5. The number of aromatic nitrogens is 2. The molecular weight excluding hydrogens is 386 g/mol. The van der Waals surface area contributed by atoms with Gasteiger partial charge in [-0.1, -0.05) is 37.6 Å². The molecule has 0 spiro atoms. The maximum atomic E-state index is 9.74. The first kappa shape index (κ1) is 20.2. The van der Waals surface area contributed by atoms with Gasteiger partial charge in [-0.25, -0.2) is 9.97 Å². The van der Waals surface area contributed by atoms with E-state index in [0.29, 0.717) is 0 Å². The van der Waals surface area contributed by atoms with Crippen LogP contribution in [0, 0.1) is 0 Å². The summed E-state index contributed by atoms with van der Waals surface area (Å²) in [7, 11) is 0. The maximum Gasteiger partial charge on any atom is 0.135 e. The monoisotopic (exact) mass is 415 g/mol. The molecule has 1 atom stereocenters. The molecule has 0 amide bonds. The average molecular weight is 416 g/mol. The van der Waals surface area contributed by atoms with E-state index in [1.165, 1.54) is 0 Å². The Labute approximate surface area is 178 Å². The SMILES string of the molecule is CC(C)c1nc(N2CCN(c3ccccc3Cl)CC2)cc(N2CCCC2CO)n1. The van der Waals surface area contributed by atoms with E-state index in [1.54, 1.807) is 0 Å². The first-order valence-electron chi connectivity index (χ1n) is 10.6. The summed E-state index contributed by atoms with van der Waals surface area (Å²) in [4.78, 5) is 16.6. The number of para-hydroxylation sites is 1. The molecule has 0 radical (unpaired) electrons. The molecule has 29 heavy (non-hydrogen) atoms. The fraction of sp³-hybridized carbons (Fsp3) is 0.545. The third-order valence-electron chi connectivity index (χ3n) is 5.91. The fourth-order valence-electron chi connectivity index (χ4n) is 4.22. The van der Waals surface area contributed by atoms with Gasteiger partial charge in [0.1, 0.15) is 17.5 Å². The molecule has 0 saturated carbocycles. The predicted molar refractivity (Wildman–Crippen MR) is 119 cm³/mol. The molecule has 1 N–H and O–H groups in total. The van der Waals surface area contributed by atoms with Gasteiger partial charge in [-0.2, -0.15) is 0 Å². The summed E-state index contributed by atoms with van der Waals surface area (Å²) < 4.78 is 0. The highest BCUT2D eigenvalue weighted by Gasteiger charge is 2.27. The number of hydrogen-bond acceptors (Lipinski definition) is 6. The highest BCUT2D eigenvalue weighted by molar-refractivity contribution is 6.33. The zero-order valence-electron chi connectivity index (χ0n) is 17.3. The Bertz CT molecular complexity index is 838. The zero-order valence-corrected chi connectivity index (χ0v) is 18.0. The Balaban J connectivity index is 1.55. The average Bonchev–Trinajstić information content (AvgIpc) is 3.23. The van der Waals surface area contributed by atoms with Crippen LogP contribution >= 0.6 is 11.6 Å². The van der Waals surface area contributed by atoms with Crippen molar-refractivity contribution in [1.29, 1.82) is 0 Å². The summed E-state index contributed by atoms with van der Waals surface area (Å²) >= 11 is 6.39. The van der Waals surface area contributed by atoms with E-state index in [0.717, 1.165) is 73.7 Å². The summed E-state index contributed by atoms with van der Waals surface area (Å²) in [6.45, 7) is 8.97. The molecule has 2 saturated heterocycles. The molecule has 7 heteroatoms. The van der Waals surface area contributed by atoms with E-state index in [2.05, 4.69) is 40.7 Å². The Hall–Kier alpha value is -2.05. The second kappa shape index (κ2) is 8.76. The smallest absolute Gasteiger partial charge is 0.135 e. The van der Waals surface area contributed by atoms with Crippen molar-refractivity contribution in [2.24, 2.45) is 0 Å². The molecule has 1 aromatic carbocycles. The van der Waals surface area contributed by atoms with Crippen molar-refractivity contribution >= 4 is 28.9 Å². The van der Waals surface area contributed by atoms with Gasteiger partial charge in [0, 0.05) is 44.7 Å². The number of anilines is 3. The van der Waals surface area contributed by atoms with Crippen LogP contribution in [0.3, 0.4) is 0 Å². The maximum absolute atomic E-state index is 9.74. The van der Waals surface area contributed by atoms with E-state index < -0.39 is 0 Å². The molecule has 1 unspecified atom stereocenters. The molecule has 0 aliphatic carbocycles. The minimum Gasteiger partial charge on any atom is -0.394 e. The van der Waals surface area contributed by atoms with E-state index in [9.17, 15) is 5.11 Å². The molecule has 6 nitrogen and oxygen atoms in total. The van der Waals surface area contributed by atoms with Crippen LogP contribution in [0.1, 0.15) is 38.4 Å². The fourth-order valence-corrected chi connectivity index (χ4v) is 4.47. The van der Waals surface area contributed by atoms with E-state index in [-0.39, 0.29) is 18.6 Å². The molecule has 3 heterocycles. The van der Waals surface area contributed by atoms with Gasteiger partial charge in [0.2, 0.25) is 0 Å². The largest absolute Gasteiger partial charge is 0.394 e. The molecule has 4 rings (SSSR count). The van der Waals surface area contributed by atoms with Gasteiger partial charge in [0.15, 0.2) is 0 Å². The molecule has 156 valence electrons. The zero-order chi connectivity index (χ0) is 20.4. The van der Waals surface area contributed by atoms with Crippen LogP contribution in [0.5, 0.6) is 0 Å². The van der Waals surface area contributed by atoms with Crippen LogP contribution < -0.4 is 14.7 Å². The van der Waals surface area contributed by atoms with Crippen molar-refractivity contribution < 1.29 is 5.11 Å². The molecular formula is C22H30ClN5O. The van der Waals surface area contributed by atoms with Gasteiger partial charge in [-0.15, -0.1) is 0 Å². The molecule has 2 aliphatic rings. The van der Waals surface area contributed by atoms with E-state index in [4.69, 9.17) is 21.6 Å².